The summed E-state index contributed by atoms with van der Waals surface area (Å²) < 4.78 is 2.99. The maximum atomic E-state index is 4.01. The van der Waals surface area contributed by atoms with E-state index in [0.717, 1.165) is 18.7 Å². The second-order valence-corrected chi connectivity index (χ2v) is 2.17. The van der Waals surface area contributed by atoms with E-state index in [0.29, 0.717) is 0 Å². The number of thiol groups is 1. The number of nitrogens with one attached hydrogen (secondary N) is 1. The van der Waals surface area contributed by atoms with Gasteiger partial charge in [-0.15, -0.1) is 0 Å². The van der Waals surface area contributed by atoms with Gasteiger partial charge in [-0.1, -0.05) is 0 Å². The average Bonchev–Trinajstić information content (AvgIpc) is 1.61. The van der Waals surface area contributed by atoms with Crippen molar-refractivity contribution >= 4 is 35.5 Å². The Morgan fingerprint density at radius 2 is 2.33 bits per heavy atom. The summed E-state index contributed by atoms with van der Waals surface area (Å²) in [7, 11) is 0. The zero-order chi connectivity index (χ0) is 4.83. The molecule has 0 heterocycles. The number of rotatable bonds is 3. The largest absolute Gasteiger partial charge is 0.261 e. The smallest absolute Gasteiger partial charge is 0.0169 e. The summed E-state index contributed by atoms with van der Waals surface area (Å²) >= 11 is 6.14. The molecule has 1 nitrogen and oxygen atoms in total. The fourth-order valence-corrected chi connectivity index (χ4v) is 0.685. The van der Waals surface area contributed by atoms with Gasteiger partial charge in [-0.05, 0) is 12.2 Å². The molecule has 0 aliphatic rings. The molecule has 38 valence electrons. The minimum Gasteiger partial charge on any atom is -0.261 e. The van der Waals surface area contributed by atoms with Crippen LogP contribution in [0.5, 0.6) is 0 Å². The molecule has 6 heavy (non-hydrogen) atoms. The highest BCUT2D eigenvalue weighted by Crippen LogP contribution is 1.80. The average molecular weight is 217 g/mol. The monoisotopic (exact) mass is 217 g/mol. The van der Waals surface area contributed by atoms with Crippen molar-refractivity contribution in [3.05, 3.63) is 0 Å². The predicted octanol–water partition coefficient (Wildman–Crippen LogP) is 1.25. The number of halogens is 1. The Kier molecular flexibility index (Phi) is 7.09. The van der Waals surface area contributed by atoms with Gasteiger partial charge in [-0.2, -0.15) is 12.6 Å². The third-order valence-electron chi connectivity index (χ3n) is 0.429. The predicted molar refractivity (Wildman–Crippen MR) is 40.5 cm³/mol. The Labute approximate surface area is 57.8 Å². The third-order valence-corrected chi connectivity index (χ3v) is 1.28. The van der Waals surface area contributed by atoms with Crippen molar-refractivity contribution in [1.82, 2.24) is 3.53 Å². The van der Waals surface area contributed by atoms with Crippen molar-refractivity contribution in [2.75, 3.05) is 12.3 Å². The lowest BCUT2D eigenvalue weighted by Crippen LogP contribution is -1.99. The summed E-state index contributed by atoms with van der Waals surface area (Å²) in [4.78, 5) is 0. The molecule has 0 aromatic carbocycles. The number of hydrogen-bond acceptors (Lipinski definition) is 2. The summed E-state index contributed by atoms with van der Waals surface area (Å²) in [6.45, 7) is 1.07. The van der Waals surface area contributed by atoms with Crippen molar-refractivity contribution in [2.24, 2.45) is 0 Å². The Balaban J connectivity index is 2.34. The molecule has 0 saturated carbocycles. The van der Waals surface area contributed by atoms with Gasteiger partial charge in [0.15, 0.2) is 0 Å². The Morgan fingerprint density at radius 3 is 2.50 bits per heavy atom. The van der Waals surface area contributed by atoms with Crippen LogP contribution < -0.4 is 3.53 Å². The quantitative estimate of drug-likeness (QED) is 0.314. The van der Waals surface area contributed by atoms with Crippen molar-refractivity contribution < 1.29 is 0 Å². The van der Waals surface area contributed by atoms with E-state index in [-0.39, 0.29) is 0 Å². The van der Waals surface area contributed by atoms with E-state index in [1.165, 1.54) is 0 Å². The van der Waals surface area contributed by atoms with E-state index in [1.807, 2.05) is 0 Å². The third kappa shape index (κ3) is 5.04. The van der Waals surface area contributed by atoms with Crippen molar-refractivity contribution in [1.29, 1.82) is 0 Å². The molecule has 0 saturated heterocycles. The Bertz CT molecular complexity index is 22.8. The minimum absolute atomic E-state index is 0.982. The molecule has 0 aliphatic carbocycles. The maximum Gasteiger partial charge on any atom is 0.0169 e. The summed E-state index contributed by atoms with van der Waals surface area (Å²) in [6.07, 6.45) is 1.16. The lowest BCUT2D eigenvalue weighted by Gasteiger charge is -1.87. The van der Waals surface area contributed by atoms with Crippen molar-refractivity contribution in [2.45, 2.75) is 6.42 Å². The van der Waals surface area contributed by atoms with Gasteiger partial charge in [-0.3, -0.25) is 3.53 Å². The van der Waals surface area contributed by atoms with Crippen LogP contribution in [-0.4, -0.2) is 12.3 Å². The zero-order valence-electron chi connectivity index (χ0n) is 3.45. The molecule has 0 rings (SSSR count). The summed E-state index contributed by atoms with van der Waals surface area (Å²) in [5.74, 6) is 0.982. The topological polar surface area (TPSA) is 12.0 Å². The fraction of sp³-hybridized carbons (Fsp3) is 1.00. The van der Waals surface area contributed by atoms with Crippen LogP contribution in [0.3, 0.4) is 0 Å². The highest BCUT2D eigenvalue weighted by Gasteiger charge is 1.75. The van der Waals surface area contributed by atoms with E-state index < -0.39 is 0 Å². The van der Waals surface area contributed by atoms with Crippen molar-refractivity contribution in [3.63, 3.8) is 0 Å². The fourth-order valence-electron chi connectivity index (χ4n) is 0.146. The molecule has 0 aromatic heterocycles. The molecule has 0 aliphatic heterocycles. The highest BCUT2D eigenvalue weighted by atomic mass is 127. The number of hydrogen-bond donors (Lipinski definition) is 2. The molecule has 0 amide bonds. The summed E-state index contributed by atoms with van der Waals surface area (Å²) in [5, 5.41) is 0. The zero-order valence-corrected chi connectivity index (χ0v) is 6.50. The SMILES string of the molecule is SCCCNI. The van der Waals surface area contributed by atoms with Crippen LogP contribution >= 0.6 is 35.5 Å². The molecule has 0 aromatic rings. The van der Waals surface area contributed by atoms with Crippen LogP contribution in [0.15, 0.2) is 0 Å². The lowest BCUT2D eigenvalue weighted by atomic mass is 10.5. The van der Waals surface area contributed by atoms with Crippen LogP contribution in [0.25, 0.3) is 0 Å². The van der Waals surface area contributed by atoms with Crippen LogP contribution in [0.4, 0.5) is 0 Å². The first-order valence-electron chi connectivity index (χ1n) is 1.86. The standard InChI is InChI=1S/C3H8INS/c4-5-2-1-3-6/h5-6H,1-3H2. The summed E-state index contributed by atoms with van der Waals surface area (Å²) in [5.41, 5.74) is 0. The molecular weight excluding hydrogens is 209 g/mol. The van der Waals surface area contributed by atoms with Gasteiger partial charge in [0, 0.05) is 29.4 Å². The minimum atomic E-state index is 0.982. The molecule has 0 atom stereocenters. The normalized spacial score (nSPS) is 9.00. The van der Waals surface area contributed by atoms with Gasteiger partial charge < -0.3 is 0 Å². The molecule has 3 heteroatoms. The second kappa shape index (κ2) is 6.04. The van der Waals surface area contributed by atoms with E-state index in [2.05, 4.69) is 39.0 Å². The van der Waals surface area contributed by atoms with Gasteiger partial charge in [0.2, 0.25) is 0 Å². The van der Waals surface area contributed by atoms with Crippen LogP contribution in [0.1, 0.15) is 6.42 Å². The van der Waals surface area contributed by atoms with Gasteiger partial charge in [0.25, 0.3) is 0 Å². The lowest BCUT2D eigenvalue weighted by molar-refractivity contribution is 0.912. The molecular formula is C3H8INS. The van der Waals surface area contributed by atoms with Gasteiger partial charge >= 0.3 is 0 Å². The van der Waals surface area contributed by atoms with Crippen LogP contribution in [-0.2, 0) is 0 Å². The van der Waals surface area contributed by atoms with Gasteiger partial charge in [0.1, 0.15) is 0 Å². The molecule has 0 spiro atoms. The first-order chi connectivity index (χ1) is 2.91. The van der Waals surface area contributed by atoms with Gasteiger partial charge in [0.05, 0.1) is 0 Å². The summed E-state index contributed by atoms with van der Waals surface area (Å²) in [6, 6.07) is 0. The van der Waals surface area contributed by atoms with E-state index >= 15 is 0 Å². The Morgan fingerprint density at radius 1 is 1.67 bits per heavy atom. The van der Waals surface area contributed by atoms with Crippen molar-refractivity contribution in [3.8, 4) is 0 Å². The van der Waals surface area contributed by atoms with E-state index in [4.69, 9.17) is 0 Å². The first kappa shape index (κ1) is 7.04. The molecule has 0 radical (unpaired) electrons. The molecule has 1 N–H and O–H groups in total. The van der Waals surface area contributed by atoms with Gasteiger partial charge in [-0.25, -0.2) is 0 Å². The molecule has 0 fully saturated rings. The molecule has 0 unspecified atom stereocenters. The van der Waals surface area contributed by atoms with E-state index in [1.54, 1.807) is 0 Å². The van der Waals surface area contributed by atoms with Crippen LogP contribution in [0, 0.1) is 0 Å². The molecule has 0 bridgehead atoms. The van der Waals surface area contributed by atoms with E-state index in [9.17, 15) is 0 Å². The first-order valence-corrected chi connectivity index (χ1v) is 3.57. The second-order valence-electron chi connectivity index (χ2n) is 0.961. The highest BCUT2D eigenvalue weighted by molar-refractivity contribution is 14.1. The maximum absolute atomic E-state index is 4.01. The van der Waals surface area contributed by atoms with Crippen LogP contribution in [0.2, 0.25) is 0 Å². The Hall–Kier alpha value is 1.04.